The average Bonchev–Trinajstić information content (AvgIpc) is 2.12. The number of phenols is 1. The van der Waals surface area contributed by atoms with Crippen molar-refractivity contribution in [3.8, 4) is 5.75 Å². The quantitative estimate of drug-likeness (QED) is 0.549. The Labute approximate surface area is 76.8 Å². The lowest BCUT2D eigenvalue weighted by Crippen LogP contribution is -2.32. The van der Waals surface area contributed by atoms with Crippen molar-refractivity contribution in [3.63, 3.8) is 0 Å². The minimum Gasteiger partial charge on any atom is -0.508 e. The van der Waals surface area contributed by atoms with E-state index >= 15 is 0 Å². The molecule has 0 aliphatic heterocycles. The van der Waals surface area contributed by atoms with Gasteiger partial charge in [-0.05, 0) is 36.1 Å². The van der Waals surface area contributed by atoms with Gasteiger partial charge in [0.25, 0.3) is 0 Å². The molecule has 0 unspecified atom stereocenters. The topological polar surface area (TPSA) is 66.5 Å². The van der Waals surface area contributed by atoms with Gasteiger partial charge < -0.3 is 15.9 Å². The number of aromatic hydroxyl groups is 1. The summed E-state index contributed by atoms with van der Waals surface area (Å²) in [6.07, 6.45) is 1.03. The highest BCUT2D eigenvalue weighted by Gasteiger charge is 2.24. The van der Waals surface area contributed by atoms with Crippen molar-refractivity contribution in [1.29, 1.82) is 0 Å². The molecule has 0 amide bonds. The molecule has 2 rings (SSSR count). The molecule has 0 aromatic heterocycles. The number of phenolic OH excluding ortho intramolecular Hbond substituents is 1. The maximum Gasteiger partial charge on any atom is 0.115 e. The molecule has 1 aromatic carbocycles. The van der Waals surface area contributed by atoms with Gasteiger partial charge in [0.05, 0.1) is 6.10 Å². The molecule has 0 heterocycles. The predicted molar refractivity (Wildman–Crippen MR) is 49.4 cm³/mol. The van der Waals surface area contributed by atoms with E-state index in [1.165, 1.54) is 0 Å². The molecule has 3 heteroatoms. The summed E-state index contributed by atoms with van der Waals surface area (Å²) < 4.78 is 0. The summed E-state index contributed by atoms with van der Waals surface area (Å²) in [5.74, 6) is 0.251. The molecule has 0 saturated heterocycles. The fraction of sp³-hybridized carbons (Fsp3) is 0.400. The monoisotopic (exact) mass is 179 g/mol. The van der Waals surface area contributed by atoms with Crippen LogP contribution in [0.25, 0.3) is 0 Å². The molecule has 13 heavy (non-hydrogen) atoms. The normalized spacial score (nSPS) is 26.9. The van der Waals surface area contributed by atoms with Crippen LogP contribution in [-0.4, -0.2) is 16.3 Å². The number of aliphatic hydroxyl groups is 1. The molecular formula is C10H13NO2. The maximum absolute atomic E-state index is 9.71. The smallest absolute Gasteiger partial charge is 0.115 e. The van der Waals surface area contributed by atoms with E-state index in [1.807, 2.05) is 0 Å². The fourth-order valence-corrected chi connectivity index (χ4v) is 1.81. The zero-order valence-corrected chi connectivity index (χ0v) is 7.27. The second kappa shape index (κ2) is 3.01. The van der Waals surface area contributed by atoms with Crippen molar-refractivity contribution < 1.29 is 10.2 Å². The highest BCUT2D eigenvalue weighted by Crippen LogP contribution is 2.30. The first-order valence-electron chi connectivity index (χ1n) is 4.44. The Bertz CT molecular complexity index is 325. The number of benzene rings is 1. The lowest BCUT2D eigenvalue weighted by Gasteiger charge is -2.27. The van der Waals surface area contributed by atoms with Crippen molar-refractivity contribution >= 4 is 0 Å². The van der Waals surface area contributed by atoms with Crippen molar-refractivity contribution in [3.05, 3.63) is 29.3 Å². The van der Waals surface area contributed by atoms with Crippen LogP contribution in [0.2, 0.25) is 0 Å². The van der Waals surface area contributed by atoms with Gasteiger partial charge in [0, 0.05) is 6.04 Å². The summed E-state index contributed by atoms with van der Waals surface area (Å²) in [6.45, 7) is 0. The summed E-state index contributed by atoms with van der Waals surface area (Å²) in [6, 6.07) is 4.86. The average molecular weight is 179 g/mol. The van der Waals surface area contributed by atoms with Crippen molar-refractivity contribution in [1.82, 2.24) is 0 Å². The molecule has 0 fully saturated rings. The van der Waals surface area contributed by atoms with E-state index in [9.17, 15) is 10.2 Å². The van der Waals surface area contributed by atoms with Crippen LogP contribution in [0.1, 0.15) is 23.7 Å². The van der Waals surface area contributed by atoms with Crippen molar-refractivity contribution in [2.45, 2.75) is 25.0 Å². The van der Waals surface area contributed by atoms with Crippen LogP contribution in [0.3, 0.4) is 0 Å². The van der Waals surface area contributed by atoms with E-state index in [-0.39, 0.29) is 11.8 Å². The predicted octanol–water partition coefficient (Wildman–Crippen LogP) is 0.699. The summed E-state index contributed by atoms with van der Waals surface area (Å²) >= 11 is 0. The van der Waals surface area contributed by atoms with Gasteiger partial charge in [0.1, 0.15) is 5.75 Å². The van der Waals surface area contributed by atoms with Gasteiger partial charge in [-0.3, -0.25) is 0 Å². The Balaban J connectivity index is 2.44. The Morgan fingerprint density at radius 1 is 1.38 bits per heavy atom. The van der Waals surface area contributed by atoms with Crippen LogP contribution in [0, 0.1) is 0 Å². The lowest BCUT2D eigenvalue weighted by molar-refractivity contribution is 0.133. The van der Waals surface area contributed by atoms with Crippen LogP contribution < -0.4 is 5.73 Å². The third-order valence-corrected chi connectivity index (χ3v) is 2.60. The molecule has 1 aliphatic rings. The van der Waals surface area contributed by atoms with Gasteiger partial charge in [-0.15, -0.1) is 0 Å². The molecule has 1 aromatic rings. The van der Waals surface area contributed by atoms with Crippen LogP contribution in [-0.2, 0) is 6.42 Å². The zero-order valence-electron chi connectivity index (χ0n) is 7.27. The van der Waals surface area contributed by atoms with E-state index in [0.717, 1.165) is 24.0 Å². The molecule has 70 valence electrons. The third kappa shape index (κ3) is 1.41. The van der Waals surface area contributed by atoms with E-state index in [4.69, 9.17) is 5.73 Å². The molecule has 0 radical (unpaired) electrons. The second-order valence-corrected chi connectivity index (χ2v) is 3.53. The number of aryl methyl sites for hydroxylation is 1. The molecule has 0 saturated carbocycles. The van der Waals surface area contributed by atoms with E-state index < -0.39 is 6.10 Å². The number of aliphatic hydroxyl groups excluding tert-OH is 1. The van der Waals surface area contributed by atoms with Crippen LogP contribution in [0.5, 0.6) is 5.75 Å². The number of hydrogen-bond acceptors (Lipinski definition) is 3. The second-order valence-electron chi connectivity index (χ2n) is 3.53. The molecule has 1 aliphatic carbocycles. The first kappa shape index (κ1) is 8.53. The zero-order chi connectivity index (χ0) is 9.42. The molecule has 0 bridgehead atoms. The summed E-state index contributed by atoms with van der Waals surface area (Å²) in [4.78, 5) is 0. The van der Waals surface area contributed by atoms with Gasteiger partial charge in [0.2, 0.25) is 0 Å². The SMILES string of the molecule is N[C@H]1CCc2cc(O)ccc2[C@@H]1O. The van der Waals surface area contributed by atoms with Gasteiger partial charge in [-0.25, -0.2) is 0 Å². The summed E-state index contributed by atoms with van der Waals surface area (Å²) in [7, 11) is 0. The third-order valence-electron chi connectivity index (χ3n) is 2.60. The standard InChI is InChI=1S/C10H13NO2/c11-9-4-1-6-5-7(12)2-3-8(6)10(9)13/h2-3,5,9-10,12-13H,1,4,11H2/t9-,10-/m0/s1. The van der Waals surface area contributed by atoms with E-state index in [0.29, 0.717) is 0 Å². The van der Waals surface area contributed by atoms with Gasteiger partial charge in [0.15, 0.2) is 0 Å². The Morgan fingerprint density at radius 3 is 2.92 bits per heavy atom. The first-order chi connectivity index (χ1) is 6.18. The maximum atomic E-state index is 9.71. The van der Waals surface area contributed by atoms with E-state index in [1.54, 1.807) is 18.2 Å². The number of nitrogens with two attached hydrogens (primary N) is 1. The summed E-state index contributed by atoms with van der Waals surface area (Å²) in [5.41, 5.74) is 7.59. The Hall–Kier alpha value is -1.06. The fourth-order valence-electron chi connectivity index (χ4n) is 1.81. The van der Waals surface area contributed by atoms with Crippen molar-refractivity contribution in [2.24, 2.45) is 5.73 Å². The Morgan fingerprint density at radius 2 is 2.15 bits per heavy atom. The lowest BCUT2D eigenvalue weighted by atomic mass is 9.86. The highest BCUT2D eigenvalue weighted by molar-refractivity contribution is 5.38. The van der Waals surface area contributed by atoms with Crippen molar-refractivity contribution in [2.75, 3.05) is 0 Å². The number of fused-ring (bicyclic) bond motifs is 1. The van der Waals surface area contributed by atoms with Gasteiger partial charge >= 0.3 is 0 Å². The molecule has 0 spiro atoms. The van der Waals surface area contributed by atoms with E-state index in [2.05, 4.69) is 0 Å². The summed E-state index contributed by atoms with van der Waals surface area (Å²) in [5, 5.41) is 18.9. The minimum atomic E-state index is -0.579. The highest BCUT2D eigenvalue weighted by atomic mass is 16.3. The molecule has 3 nitrogen and oxygen atoms in total. The van der Waals surface area contributed by atoms with Gasteiger partial charge in [-0.2, -0.15) is 0 Å². The molecule has 4 N–H and O–H groups in total. The molecular weight excluding hydrogens is 166 g/mol. The number of hydrogen-bond donors (Lipinski definition) is 3. The number of rotatable bonds is 0. The van der Waals surface area contributed by atoms with Gasteiger partial charge in [-0.1, -0.05) is 6.07 Å². The van der Waals surface area contributed by atoms with Crippen LogP contribution in [0.4, 0.5) is 0 Å². The van der Waals surface area contributed by atoms with Crippen LogP contribution in [0.15, 0.2) is 18.2 Å². The van der Waals surface area contributed by atoms with Crippen LogP contribution >= 0.6 is 0 Å². The largest absolute Gasteiger partial charge is 0.508 e. The molecule has 2 atom stereocenters. The minimum absolute atomic E-state index is 0.169. The Kier molecular flexibility index (Phi) is 1.98. The first-order valence-corrected chi connectivity index (χ1v) is 4.44.